The standard InChI is InChI=1S/C23H32O5/c1-14(24)28-13-20(26)23(27)11-8-19-17-5-4-15-12-16(25)6-9-21(15,2)18(17)7-10-22(19,23)3/h12,17-19,27H,4-11,13H2,1-3H3/t17-,18+,19-,21+,22+,23+/m1/s1. The van der Waals surface area contributed by atoms with Crippen LogP contribution in [-0.4, -0.2) is 34.9 Å². The fourth-order valence-electron chi connectivity index (χ4n) is 7.32. The molecule has 3 fully saturated rings. The number of fused-ring (bicyclic) bond motifs is 5. The van der Waals surface area contributed by atoms with Crippen molar-refractivity contribution in [2.75, 3.05) is 6.61 Å². The van der Waals surface area contributed by atoms with E-state index >= 15 is 0 Å². The van der Waals surface area contributed by atoms with Crippen molar-refractivity contribution in [2.24, 2.45) is 28.6 Å². The molecule has 6 atom stereocenters. The Balaban J connectivity index is 1.60. The van der Waals surface area contributed by atoms with Crippen LogP contribution in [0.4, 0.5) is 0 Å². The molecule has 0 aromatic carbocycles. The smallest absolute Gasteiger partial charge is 0.303 e. The number of carbonyl (C=O) groups excluding carboxylic acids is 3. The molecule has 5 nitrogen and oxygen atoms in total. The van der Waals surface area contributed by atoms with Crippen molar-refractivity contribution in [2.45, 2.75) is 77.7 Å². The van der Waals surface area contributed by atoms with Gasteiger partial charge in [-0.25, -0.2) is 0 Å². The van der Waals surface area contributed by atoms with Crippen LogP contribution in [0, 0.1) is 28.6 Å². The van der Waals surface area contributed by atoms with E-state index in [2.05, 4.69) is 13.8 Å². The van der Waals surface area contributed by atoms with Crippen LogP contribution in [0.1, 0.15) is 72.1 Å². The van der Waals surface area contributed by atoms with Gasteiger partial charge in [0.1, 0.15) is 5.60 Å². The minimum absolute atomic E-state index is 0.0839. The van der Waals surface area contributed by atoms with Crippen molar-refractivity contribution < 1.29 is 24.2 Å². The van der Waals surface area contributed by atoms with Crippen LogP contribution >= 0.6 is 0 Å². The zero-order valence-corrected chi connectivity index (χ0v) is 17.3. The quantitative estimate of drug-likeness (QED) is 0.750. The number of carbonyl (C=O) groups is 3. The molecule has 3 saturated carbocycles. The van der Waals surface area contributed by atoms with Crippen LogP contribution < -0.4 is 0 Å². The molecule has 28 heavy (non-hydrogen) atoms. The minimum atomic E-state index is -1.41. The molecule has 0 aromatic rings. The van der Waals surface area contributed by atoms with E-state index in [1.54, 1.807) is 0 Å². The van der Waals surface area contributed by atoms with Crippen LogP contribution in [0.25, 0.3) is 0 Å². The Kier molecular flexibility index (Phi) is 4.61. The van der Waals surface area contributed by atoms with Gasteiger partial charge in [-0.15, -0.1) is 0 Å². The van der Waals surface area contributed by atoms with Gasteiger partial charge in [0.2, 0.25) is 5.78 Å². The highest BCUT2D eigenvalue weighted by Crippen LogP contribution is 2.67. The van der Waals surface area contributed by atoms with E-state index in [0.717, 1.165) is 38.5 Å². The Morgan fingerprint density at radius 1 is 1.11 bits per heavy atom. The second-order valence-electron chi connectivity index (χ2n) is 10.0. The topological polar surface area (TPSA) is 80.7 Å². The number of rotatable bonds is 3. The summed E-state index contributed by atoms with van der Waals surface area (Å²) >= 11 is 0. The molecule has 0 spiro atoms. The normalized spacial score (nSPS) is 44.8. The molecule has 0 heterocycles. The number of hydrogen-bond acceptors (Lipinski definition) is 5. The lowest BCUT2D eigenvalue weighted by atomic mass is 9.46. The lowest BCUT2D eigenvalue weighted by molar-refractivity contribution is -0.169. The van der Waals surface area contributed by atoms with Crippen LogP contribution in [-0.2, 0) is 19.1 Å². The van der Waals surface area contributed by atoms with E-state index in [0.29, 0.717) is 30.6 Å². The van der Waals surface area contributed by atoms with E-state index in [4.69, 9.17) is 4.74 Å². The Hall–Kier alpha value is -1.49. The first-order chi connectivity index (χ1) is 13.1. The highest BCUT2D eigenvalue weighted by Gasteiger charge is 2.66. The van der Waals surface area contributed by atoms with Gasteiger partial charge in [0.25, 0.3) is 0 Å². The van der Waals surface area contributed by atoms with Gasteiger partial charge in [0.05, 0.1) is 0 Å². The molecule has 4 rings (SSSR count). The summed E-state index contributed by atoms with van der Waals surface area (Å²) in [6, 6.07) is 0. The highest BCUT2D eigenvalue weighted by atomic mass is 16.5. The van der Waals surface area contributed by atoms with E-state index in [1.807, 2.05) is 6.08 Å². The number of allylic oxidation sites excluding steroid dienone is 1. The fraction of sp³-hybridized carbons (Fsp3) is 0.783. The zero-order valence-electron chi connectivity index (χ0n) is 17.3. The number of ether oxygens (including phenoxy) is 1. The maximum atomic E-state index is 12.8. The Labute approximate surface area is 166 Å². The molecule has 4 aliphatic carbocycles. The Morgan fingerprint density at radius 3 is 2.54 bits per heavy atom. The lowest BCUT2D eigenvalue weighted by Crippen LogP contribution is -2.58. The van der Waals surface area contributed by atoms with Crippen molar-refractivity contribution >= 4 is 17.5 Å². The van der Waals surface area contributed by atoms with Crippen molar-refractivity contribution in [3.63, 3.8) is 0 Å². The molecule has 0 saturated heterocycles. The molecule has 0 amide bonds. The minimum Gasteiger partial charge on any atom is -0.458 e. The van der Waals surface area contributed by atoms with E-state index in [9.17, 15) is 19.5 Å². The largest absolute Gasteiger partial charge is 0.458 e. The first-order valence-electron chi connectivity index (χ1n) is 10.7. The van der Waals surface area contributed by atoms with Gasteiger partial charge in [-0.05, 0) is 74.2 Å². The molecule has 0 aliphatic heterocycles. The molecule has 154 valence electrons. The number of Topliss-reactive ketones (excluding diaryl/α,β-unsaturated/α-hetero) is 1. The molecule has 0 aromatic heterocycles. The third-order valence-corrected chi connectivity index (χ3v) is 8.98. The van der Waals surface area contributed by atoms with Gasteiger partial charge < -0.3 is 9.84 Å². The van der Waals surface area contributed by atoms with Crippen molar-refractivity contribution in [1.82, 2.24) is 0 Å². The average molecular weight is 389 g/mol. The van der Waals surface area contributed by atoms with Gasteiger partial charge in [-0.1, -0.05) is 19.4 Å². The summed E-state index contributed by atoms with van der Waals surface area (Å²) < 4.78 is 4.92. The highest BCUT2D eigenvalue weighted by molar-refractivity contribution is 5.92. The third-order valence-electron chi connectivity index (χ3n) is 8.98. The van der Waals surface area contributed by atoms with Crippen molar-refractivity contribution in [1.29, 1.82) is 0 Å². The summed E-state index contributed by atoms with van der Waals surface area (Å²) in [6.45, 7) is 5.35. The summed E-state index contributed by atoms with van der Waals surface area (Å²) in [4.78, 5) is 35.9. The first kappa shape index (κ1) is 19.8. The second kappa shape index (κ2) is 6.51. The van der Waals surface area contributed by atoms with Crippen LogP contribution in [0.2, 0.25) is 0 Å². The molecule has 0 unspecified atom stereocenters. The summed E-state index contributed by atoms with van der Waals surface area (Å²) in [5, 5.41) is 11.5. The average Bonchev–Trinajstić information content (AvgIpc) is 2.92. The molecule has 4 aliphatic rings. The van der Waals surface area contributed by atoms with Crippen LogP contribution in [0.5, 0.6) is 0 Å². The van der Waals surface area contributed by atoms with Crippen molar-refractivity contribution in [3.8, 4) is 0 Å². The number of ketones is 2. The van der Waals surface area contributed by atoms with Crippen LogP contribution in [0.15, 0.2) is 11.6 Å². The summed E-state index contributed by atoms with van der Waals surface area (Å²) in [7, 11) is 0. The van der Waals surface area contributed by atoms with Gasteiger partial charge in [-0.3, -0.25) is 14.4 Å². The maximum Gasteiger partial charge on any atom is 0.303 e. The van der Waals surface area contributed by atoms with Gasteiger partial charge in [0.15, 0.2) is 12.4 Å². The van der Waals surface area contributed by atoms with E-state index < -0.39 is 17.0 Å². The Morgan fingerprint density at radius 2 is 1.82 bits per heavy atom. The zero-order chi connectivity index (χ0) is 20.3. The predicted molar refractivity (Wildman–Crippen MR) is 103 cm³/mol. The monoisotopic (exact) mass is 388 g/mol. The van der Waals surface area contributed by atoms with Crippen molar-refractivity contribution in [3.05, 3.63) is 11.6 Å². The van der Waals surface area contributed by atoms with Crippen LogP contribution in [0.3, 0.4) is 0 Å². The second-order valence-corrected chi connectivity index (χ2v) is 10.0. The predicted octanol–water partition coefficient (Wildman–Crippen LogP) is 3.38. The molecule has 1 N–H and O–H groups in total. The van der Waals surface area contributed by atoms with Gasteiger partial charge in [-0.2, -0.15) is 0 Å². The molecule has 0 bridgehead atoms. The summed E-state index contributed by atoms with van der Waals surface area (Å²) in [6.07, 6.45) is 8.53. The van der Waals surface area contributed by atoms with Gasteiger partial charge in [0, 0.05) is 18.8 Å². The fourth-order valence-corrected chi connectivity index (χ4v) is 7.32. The number of aliphatic hydroxyl groups is 1. The number of hydrogen-bond donors (Lipinski definition) is 1. The molecule has 5 heteroatoms. The summed E-state index contributed by atoms with van der Waals surface area (Å²) in [5.41, 5.74) is -0.459. The van der Waals surface area contributed by atoms with Gasteiger partial charge >= 0.3 is 5.97 Å². The molecular weight excluding hydrogens is 356 g/mol. The first-order valence-corrected chi connectivity index (χ1v) is 10.7. The lowest BCUT2D eigenvalue weighted by Gasteiger charge is -2.58. The van der Waals surface area contributed by atoms with E-state index in [-0.39, 0.29) is 23.6 Å². The third kappa shape index (κ3) is 2.65. The number of esters is 1. The Bertz CT molecular complexity index is 754. The maximum absolute atomic E-state index is 12.8. The SMILES string of the molecule is CC(=O)OCC(=O)[C@@]1(O)CC[C@@H]2[C@@H]3CCC4=CC(=O)CC[C@]4(C)[C@H]3CC[C@@]21C. The summed E-state index contributed by atoms with van der Waals surface area (Å²) in [5.74, 6) is 0.712. The van der Waals surface area contributed by atoms with E-state index in [1.165, 1.54) is 12.5 Å². The molecule has 0 radical (unpaired) electrons. The molecular formula is C23H32O5.